The van der Waals surface area contributed by atoms with Gasteiger partial charge in [-0.3, -0.25) is 4.79 Å². The van der Waals surface area contributed by atoms with Gasteiger partial charge in [0.05, 0.1) is 0 Å². The number of carbonyl (C=O) groups is 1. The van der Waals surface area contributed by atoms with Crippen LogP contribution in [0.2, 0.25) is 0 Å². The standard InChI is InChI=1S/C15H15NO/c17-15-10-4-9-14-13(15)8-5-11-16(14)12-6-2-1-3-7-12/h1-3,5-7,11H,4,8-10H2. The molecule has 2 heteroatoms. The van der Waals surface area contributed by atoms with E-state index in [-0.39, 0.29) is 0 Å². The highest BCUT2D eigenvalue weighted by molar-refractivity contribution is 5.98. The van der Waals surface area contributed by atoms with Crippen LogP contribution in [-0.4, -0.2) is 5.78 Å². The largest absolute Gasteiger partial charge is 0.321 e. The molecule has 1 aliphatic heterocycles. The summed E-state index contributed by atoms with van der Waals surface area (Å²) in [6, 6.07) is 10.2. The van der Waals surface area contributed by atoms with E-state index in [0.717, 1.165) is 36.9 Å². The molecule has 0 radical (unpaired) electrons. The Bertz CT molecular complexity index is 499. The maximum Gasteiger partial charge on any atom is 0.160 e. The number of carbonyl (C=O) groups excluding carboxylic acids is 1. The van der Waals surface area contributed by atoms with Crippen LogP contribution in [0, 0.1) is 0 Å². The quantitative estimate of drug-likeness (QED) is 0.730. The van der Waals surface area contributed by atoms with E-state index in [1.54, 1.807) is 0 Å². The number of allylic oxidation sites excluding steroid dienone is 3. The van der Waals surface area contributed by atoms with Gasteiger partial charge in [-0.15, -0.1) is 0 Å². The molecule has 0 unspecified atom stereocenters. The second-order valence-electron chi connectivity index (χ2n) is 4.50. The van der Waals surface area contributed by atoms with Crippen molar-refractivity contribution in [2.75, 3.05) is 4.90 Å². The summed E-state index contributed by atoms with van der Waals surface area (Å²) in [5.41, 5.74) is 3.36. The van der Waals surface area contributed by atoms with Crippen molar-refractivity contribution in [1.82, 2.24) is 0 Å². The summed E-state index contributed by atoms with van der Waals surface area (Å²) in [6.45, 7) is 0. The fraction of sp³-hybridized carbons (Fsp3) is 0.267. The third-order valence-electron chi connectivity index (χ3n) is 3.40. The smallest absolute Gasteiger partial charge is 0.160 e. The van der Waals surface area contributed by atoms with Gasteiger partial charge in [0.15, 0.2) is 5.78 Å². The Kier molecular flexibility index (Phi) is 2.56. The molecule has 17 heavy (non-hydrogen) atoms. The third kappa shape index (κ3) is 1.80. The van der Waals surface area contributed by atoms with E-state index < -0.39 is 0 Å². The highest BCUT2D eigenvalue weighted by atomic mass is 16.1. The number of Topliss-reactive ketones (excluding diaryl/α,β-unsaturated/α-hetero) is 1. The zero-order chi connectivity index (χ0) is 11.7. The van der Waals surface area contributed by atoms with Crippen molar-refractivity contribution in [2.24, 2.45) is 0 Å². The minimum Gasteiger partial charge on any atom is -0.321 e. The van der Waals surface area contributed by atoms with Crippen LogP contribution in [0.4, 0.5) is 5.69 Å². The van der Waals surface area contributed by atoms with Gasteiger partial charge in [0, 0.05) is 29.6 Å². The summed E-state index contributed by atoms with van der Waals surface area (Å²) >= 11 is 0. The van der Waals surface area contributed by atoms with Gasteiger partial charge in [0.1, 0.15) is 0 Å². The van der Waals surface area contributed by atoms with Crippen molar-refractivity contribution in [1.29, 1.82) is 0 Å². The van der Waals surface area contributed by atoms with Gasteiger partial charge in [-0.2, -0.15) is 0 Å². The van der Waals surface area contributed by atoms with E-state index >= 15 is 0 Å². The zero-order valence-corrected chi connectivity index (χ0v) is 9.73. The number of para-hydroxylation sites is 1. The first kappa shape index (κ1) is 10.3. The normalized spacial score (nSPS) is 19.5. The Hall–Kier alpha value is -1.83. The van der Waals surface area contributed by atoms with Crippen molar-refractivity contribution in [3.05, 3.63) is 53.9 Å². The van der Waals surface area contributed by atoms with Crippen LogP contribution in [0.15, 0.2) is 53.9 Å². The topological polar surface area (TPSA) is 20.3 Å². The monoisotopic (exact) mass is 225 g/mol. The van der Waals surface area contributed by atoms with E-state index in [1.807, 2.05) is 18.2 Å². The molecule has 0 spiro atoms. The summed E-state index contributed by atoms with van der Waals surface area (Å²) in [6.07, 6.45) is 7.68. The summed E-state index contributed by atoms with van der Waals surface area (Å²) in [5.74, 6) is 0.330. The second kappa shape index (κ2) is 4.21. The molecule has 3 rings (SSSR count). The summed E-state index contributed by atoms with van der Waals surface area (Å²) < 4.78 is 0. The molecule has 1 aromatic rings. The second-order valence-corrected chi connectivity index (χ2v) is 4.50. The number of benzene rings is 1. The van der Waals surface area contributed by atoms with Crippen LogP contribution >= 0.6 is 0 Å². The lowest BCUT2D eigenvalue weighted by Crippen LogP contribution is -2.26. The maximum atomic E-state index is 11.9. The van der Waals surface area contributed by atoms with Crippen LogP contribution in [0.1, 0.15) is 25.7 Å². The maximum absolute atomic E-state index is 11.9. The Morgan fingerprint density at radius 1 is 1.06 bits per heavy atom. The Balaban J connectivity index is 2.03. The SMILES string of the molecule is O=C1CCCC2=C1CC=CN2c1ccccc1. The van der Waals surface area contributed by atoms with Crippen molar-refractivity contribution < 1.29 is 4.79 Å². The molecule has 0 bridgehead atoms. The number of ketones is 1. The Morgan fingerprint density at radius 3 is 2.71 bits per heavy atom. The Morgan fingerprint density at radius 2 is 1.88 bits per heavy atom. The fourth-order valence-electron chi connectivity index (χ4n) is 2.57. The molecule has 2 aliphatic rings. The van der Waals surface area contributed by atoms with Crippen molar-refractivity contribution in [3.63, 3.8) is 0 Å². The Labute approximate surface area is 101 Å². The lowest BCUT2D eigenvalue weighted by molar-refractivity contribution is -0.116. The van der Waals surface area contributed by atoms with Crippen LogP contribution in [0.25, 0.3) is 0 Å². The van der Waals surface area contributed by atoms with E-state index in [2.05, 4.69) is 29.3 Å². The average molecular weight is 225 g/mol. The van der Waals surface area contributed by atoms with Gasteiger partial charge in [0.2, 0.25) is 0 Å². The van der Waals surface area contributed by atoms with Gasteiger partial charge in [-0.25, -0.2) is 0 Å². The van der Waals surface area contributed by atoms with Crippen molar-refractivity contribution in [2.45, 2.75) is 25.7 Å². The molecule has 2 nitrogen and oxygen atoms in total. The average Bonchev–Trinajstić information content (AvgIpc) is 2.40. The first-order valence-electron chi connectivity index (χ1n) is 6.12. The number of anilines is 1. The van der Waals surface area contributed by atoms with Crippen molar-refractivity contribution in [3.8, 4) is 0 Å². The van der Waals surface area contributed by atoms with Gasteiger partial charge < -0.3 is 4.90 Å². The van der Waals surface area contributed by atoms with E-state index in [4.69, 9.17) is 0 Å². The first-order valence-corrected chi connectivity index (χ1v) is 6.12. The van der Waals surface area contributed by atoms with Gasteiger partial charge in [0.25, 0.3) is 0 Å². The lowest BCUT2D eigenvalue weighted by Gasteiger charge is -2.31. The zero-order valence-electron chi connectivity index (χ0n) is 9.73. The van der Waals surface area contributed by atoms with Crippen LogP contribution in [-0.2, 0) is 4.79 Å². The molecule has 0 amide bonds. The number of nitrogens with zero attached hydrogens (tertiary/aromatic N) is 1. The minimum atomic E-state index is 0.330. The predicted molar refractivity (Wildman–Crippen MR) is 68.6 cm³/mol. The molecule has 1 aliphatic carbocycles. The van der Waals surface area contributed by atoms with Crippen LogP contribution < -0.4 is 4.90 Å². The van der Waals surface area contributed by atoms with E-state index in [0.29, 0.717) is 5.78 Å². The van der Waals surface area contributed by atoms with Gasteiger partial charge >= 0.3 is 0 Å². The number of hydrogen-bond donors (Lipinski definition) is 0. The molecule has 86 valence electrons. The molecule has 1 aromatic carbocycles. The fourth-order valence-corrected chi connectivity index (χ4v) is 2.57. The predicted octanol–water partition coefficient (Wildman–Crippen LogP) is 3.42. The minimum absolute atomic E-state index is 0.330. The third-order valence-corrected chi connectivity index (χ3v) is 3.40. The molecule has 0 aromatic heterocycles. The highest BCUT2D eigenvalue weighted by Gasteiger charge is 2.25. The summed E-state index contributed by atoms with van der Waals surface area (Å²) in [5, 5.41) is 0. The highest BCUT2D eigenvalue weighted by Crippen LogP contribution is 2.33. The number of rotatable bonds is 1. The van der Waals surface area contributed by atoms with E-state index in [9.17, 15) is 4.79 Å². The molecule has 0 saturated heterocycles. The molecule has 0 fully saturated rings. The first-order chi connectivity index (χ1) is 8.36. The molecule has 0 atom stereocenters. The van der Waals surface area contributed by atoms with E-state index in [1.165, 1.54) is 5.70 Å². The molecule has 0 saturated carbocycles. The molecular formula is C15H15NO. The van der Waals surface area contributed by atoms with Gasteiger partial charge in [-0.05, 0) is 31.4 Å². The lowest BCUT2D eigenvalue weighted by atomic mass is 9.90. The van der Waals surface area contributed by atoms with Crippen LogP contribution in [0.5, 0.6) is 0 Å². The summed E-state index contributed by atoms with van der Waals surface area (Å²) in [4.78, 5) is 14.0. The number of hydrogen-bond acceptors (Lipinski definition) is 2. The summed E-state index contributed by atoms with van der Waals surface area (Å²) in [7, 11) is 0. The van der Waals surface area contributed by atoms with Crippen LogP contribution in [0.3, 0.4) is 0 Å². The molecular weight excluding hydrogens is 210 g/mol. The molecule has 0 N–H and O–H groups in total. The van der Waals surface area contributed by atoms with Gasteiger partial charge in [-0.1, -0.05) is 24.3 Å². The van der Waals surface area contributed by atoms with Crippen molar-refractivity contribution >= 4 is 11.5 Å². The molecule has 1 heterocycles.